The SMILES string of the molecule is CCCCCOC(=O)NC1=CC(=O)Nc2ncnc3c2c1cn3C1OC2CO[Si](C(C)(C)C)(C(C)(C)C)OC2C1(C)O. The molecule has 4 unspecified atom stereocenters. The fourth-order valence-electron chi connectivity index (χ4n) is 6.58. The maximum atomic E-state index is 12.7. The van der Waals surface area contributed by atoms with Gasteiger partial charge in [-0.25, -0.2) is 14.8 Å². The maximum Gasteiger partial charge on any atom is 0.411 e. The number of aliphatic hydroxyl groups is 1. The predicted octanol–water partition coefficient (Wildman–Crippen LogP) is 4.75. The van der Waals surface area contributed by atoms with Crippen molar-refractivity contribution < 1.29 is 33.0 Å². The van der Waals surface area contributed by atoms with E-state index in [9.17, 15) is 14.7 Å². The summed E-state index contributed by atoms with van der Waals surface area (Å²) in [5.74, 6) is -0.171. The highest BCUT2D eigenvalue weighted by Crippen LogP contribution is 2.57. The van der Waals surface area contributed by atoms with Gasteiger partial charge in [0.1, 0.15) is 35.6 Å². The van der Waals surface area contributed by atoms with Gasteiger partial charge in [-0.2, -0.15) is 0 Å². The van der Waals surface area contributed by atoms with Gasteiger partial charge in [-0.1, -0.05) is 61.3 Å². The molecule has 2 aromatic heterocycles. The topological polar surface area (TPSA) is 146 Å². The second kappa shape index (κ2) is 10.7. The van der Waals surface area contributed by atoms with Crippen LogP contribution >= 0.6 is 0 Å². The third-order valence-electron chi connectivity index (χ3n) is 8.32. The Morgan fingerprint density at radius 1 is 1.24 bits per heavy atom. The number of hydrogen-bond acceptors (Lipinski definition) is 9. The number of unbranched alkanes of at least 4 members (excludes halogenated alkanes) is 2. The van der Waals surface area contributed by atoms with Gasteiger partial charge in [0.15, 0.2) is 6.23 Å². The second-order valence-electron chi connectivity index (χ2n) is 13.6. The molecule has 13 heteroatoms. The van der Waals surface area contributed by atoms with Crippen LogP contribution in [0.3, 0.4) is 0 Å². The van der Waals surface area contributed by atoms with E-state index in [2.05, 4.69) is 69.1 Å². The molecule has 0 aromatic carbocycles. The van der Waals surface area contributed by atoms with Gasteiger partial charge in [0.05, 0.1) is 24.3 Å². The summed E-state index contributed by atoms with van der Waals surface area (Å²) >= 11 is 0. The first kappa shape index (κ1) is 30.6. The average molecular weight is 602 g/mol. The summed E-state index contributed by atoms with van der Waals surface area (Å²) in [6, 6.07) is 0. The summed E-state index contributed by atoms with van der Waals surface area (Å²) < 4.78 is 27.0. The van der Waals surface area contributed by atoms with Crippen molar-refractivity contribution in [3.05, 3.63) is 24.2 Å². The molecule has 2 fully saturated rings. The molecule has 12 nitrogen and oxygen atoms in total. The van der Waals surface area contributed by atoms with E-state index in [1.165, 1.54) is 12.4 Å². The van der Waals surface area contributed by atoms with Gasteiger partial charge >= 0.3 is 14.7 Å². The molecule has 0 saturated carbocycles. The van der Waals surface area contributed by atoms with Crippen LogP contribution in [0.5, 0.6) is 0 Å². The van der Waals surface area contributed by atoms with E-state index in [0.29, 0.717) is 16.6 Å². The number of alkyl carbamates (subject to hydrolysis) is 1. The molecule has 0 spiro atoms. The summed E-state index contributed by atoms with van der Waals surface area (Å²) in [6.07, 6.45) is 4.28. The lowest BCUT2D eigenvalue weighted by molar-refractivity contribution is -0.111. The van der Waals surface area contributed by atoms with E-state index in [-0.39, 0.29) is 34.8 Å². The third-order valence-corrected chi connectivity index (χ3v) is 13.4. The van der Waals surface area contributed by atoms with Gasteiger partial charge in [-0.15, -0.1) is 0 Å². The van der Waals surface area contributed by atoms with Crippen LogP contribution in [0.15, 0.2) is 18.6 Å². The molecule has 5 rings (SSSR count). The monoisotopic (exact) mass is 601 g/mol. The Hall–Kier alpha value is -2.84. The first-order valence-corrected chi connectivity index (χ1v) is 16.4. The molecule has 3 N–H and O–H groups in total. The normalized spacial score (nSPS) is 27.2. The largest absolute Gasteiger partial charge is 0.449 e. The van der Waals surface area contributed by atoms with Gasteiger partial charge < -0.3 is 33.3 Å². The standard InChI is InChI=1S/C29H43N5O7Si/c1-9-10-11-12-38-26(36)32-18-13-20(35)33-23-21-17(18)14-34(24(21)31-16-30-23)25-29(8,37)22-19(40-25)15-39-42(41-22,27(2,3)4)28(5,6)7/h13-14,16,19,22,25,37H,9-12,15H2,1-8H3,(H,32,36)(H,30,31,33,35). The molecule has 5 heterocycles. The number of nitrogens with one attached hydrogen (secondary N) is 2. The van der Waals surface area contributed by atoms with Crippen molar-refractivity contribution in [1.82, 2.24) is 19.9 Å². The number of hydrogen-bond donors (Lipinski definition) is 3. The van der Waals surface area contributed by atoms with Crippen LogP contribution < -0.4 is 10.6 Å². The minimum absolute atomic E-state index is 0.229. The fraction of sp³-hybridized carbons (Fsp3) is 0.655. The molecule has 0 bridgehead atoms. The van der Waals surface area contributed by atoms with Gasteiger partial charge in [-0.3, -0.25) is 10.1 Å². The zero-order chi connectivity index (χ0) is 30.7. The number of carbonyl (C=O) groups excluding carboxylic acids is 2. The molecule has 2 saturated heterocycles. The fourth-order valence-corrected chi connectivity index (χ4v) is 11.6. The van der Waals surface area contributed by atoms with Crippen LogP contribution in [0.1, 0.15) is 86.4 Å². The number of fused-ring (bicyclic) bond motifs is 1. The number of aromatic nitrogens is 3. The lowest BCUT2D eigenvalue weighted by atomic mass is 9.96. The van der Waals surface area contributed by atoms with Gasteiger partial charge in [0, 0.05) is 27.9 Å². The minimum atomic E-state index is -2.90. The molecule has 2 aromatic rings. The van der Waals surface area contributed by atoms with Crippen molar-refractivity contribution in [3.63, 3.8) is 0 Å². The van der Waals surface area contributed by atoms with Crippen molar-refractivity contribution >= 4 is 43.1 Å². The number of anilines is 1. The Bertz CT molecular complexity index is 1390. The summed E-state index contributed by atoms with van der Waals surface area (Å²) in [6.45, 7) is 17.1. The first-order chi connectivity index (χ1) is 19.6. The summed E-state index contributed by atoms with van der Waals surface area (Å²) in [7, 11) is -2.90. The Kier molecular flexibility index (Phi) is 7.80. The Balaban J connectivity index is 1.52. The van der Waals surface area contributed by atoms with E-state index in [1.54, 1.807) is 17.7 Å². The molecule has 230 valence electrons. The van der Waals surface area contributed by atoms with E-state index >= 15 is 0 Å². The number of rotatable bonds is 6. The molecule has 3 aliphatic rings. The van der Waals surface area contributed by atoms with E-state index in [1.807, 2.05) is 0 Å². The van der Waals surface area contributed by atoms with Gasteiger partial charge in [-0.05, 0) is 13.3 Å². The lowest BCUT2D eigenvalue weighted by Gasteiger charge is -2.54. The van der Waals surface area contributed by atoms with Crippen LogP contribution in [0.4, 0.5) is 10.6 Å². The van der Waals surface area contributed by atoms with Crippen LogP contribution in [0.25, 0.3) is 16.7 Å². The average Bonchev–Trinajstić information content (AvgIpc) is 3.35. The predicted molar refractivity (Wildman–Crippen MR) is 159 cm³/mol. The molecule has 0 aliphatic carbocycles. The highest BCUT2D eigenvalue weighted by molar-refractivity contribution is 6.73. The van der Waals surface area contributed by atoms with Gasteiger partial charge in [0.2, 0.25) is 0 Å². The highest BCUT2D eigenvalue weighted by Gasteiger charge is 2.67. The van der Waals surface area contributed by atoms with Crippen molar-refractivity contribution in [1.29, 1.82) is 0 Å². The van der Waals surface area contributed by atoms with Gasteiger partial charge in [0.25, 0.3) is 5.91 Å². The number of amides is 2. The van der Waals surface area contributed by atoms with E-state index < -0.39 is 44.6 Å². The molecule has 0 radical (unpaired) electrons. The van der Waals surface area contributed by atoms with Crippen molar-refractivity contribution in [2.45, 2.75) is 109 Å². The second-order valence-corrected chi connectivity index (χ2v) is 18.4. The Morgan fingerprint density at radius 2 is 1.95 bits per heavy atom. The number of carbonyl (C=O) groups is 2. The zero-order valence-electron chi connectivity index (χ0n) is 25.7. The Labute approximate surface area is 247 Å². The summed E-state index contributed by atoms with van der Waals surface area (Å²) in [4.78, 5) is 34.1. The van der Waals surface area contributed by atoms with Crippen molar-refractivity contribution in [2.75, 3.05) is 18.5 Å². The summed E-state index contributed by atoms with van der Waals surface area (Å²) in [5.41, 5.74) is -0.336. The molecule has 3 aliphatic heterocycles. The van der Waals surface area contributed by atoms with E-state index in [4.69, 9.17) is 18.3 Å². The summed E-state index contributed by atoms with van der Waals surface area (Å²) in [5, 5.41) is 17.5. The van der Waals surface area contributed by atoms with Crippen LogP contribution in [-0.4, -0.2) is 71.2 Å². The van der Waals surface area contributed by atoms with Crippen LogP contribution in [-0.2, 0) is 23.1 Å². The van der Waals surface area contributed by atoms with Crippen LogP contribution in [0.2, 0.25) is 10.1 Å². The van der Waals surface area contributed by atoms with E-state index in [0.717, 1.165) is 19.3 Å². The number of ether oxygens (including phenoxy) is 2. The van der Waals surface area contributed by atoms with Crippen molar-refractivity contribution in [3.8, 4) is 0 Å². The lowest BCUT2D eigenvalue weighted by Crippen LogP contribution is -2.66. The molecule has 4 atom stereocenters. The smallest absolute Gasteiger partial charge is 0.411 e. The Morgan fingerprint density at radius 3 is 2.62 bits per heavy atom. The first-order valence-electron chi connectivity index (χ1n) is 14.6. The van der Waals surface area contributed by atoms with Crippen molar-refractivity contribution in [2.24, 2.45) is 0 Å². The molecule has 2 amide bonds. The zero-order valence-corrected chi connectivity index (χ0v) is 26.7. The quantitative estimate of drug-likeness (QED) is 0.315. The molecular weight excluding hydrogens is 558 g/mol. The third kappa shape index (κ3) is 5.04. The molecular formula is C29H43N5O7Si. The molecule has 42 heavy (non-hydrogen) atoms. The van der Waals surface area contributed by atoms with Crippen LogP contribution in [0, 0.1) is 0 Å². The minimum Gasteiger partial charge on any atom is -0.449 e. The highest BCUT2D eigenvalue weighted by atomic mass is 28.4. The number of nitrogens with zero attached hydrogens (tertiary/aromatic N) is 3. The maximum absolute atomic E-state index is 12.7.